The topological polar surface area (TPSA) is 70.9 Å². The number of ether oxygens (including phenoxy) is 1. The van der Waals surface area contributed by atoms with Crippen molar-refractivity contribution >= 4 is 34.6 Å². The highest BCUT2D eigenvalue weighted by Gasteiger charge is 2.24. The molecule has 5 nitrogen and oxygen atoms in total. The smallest absolute Gasteiger partial charge is 0.264 e. The fraction of sp³-hybridized carbons (Fsp3) is 0.200. The first-order chi connectivity index (χ1) is 12.5. The van der Waals surface area contributed by atoms with Gasteiger partial charge >= 0.3 is 0 Å². The Morgan fingerprint density at radius 3 is 2.85 bits per heavy atom. The third-order valence-corrected chi connectivity index (χ3v) is 4.94. The number of thioether (sulfide) groups is 1. The Kier molecular flexibility index (Phi) is 5.32. The normalized spacial score (nSPS) is 17.0. The molecule has 0 bridgehead atoms. The van der Waals surface area contributed by atoms with E-state index in [-0.39, 0.29) is 11.7 Å². The molecule has 1 aliphatic rings. The molecule has 1 fully saturated rings. The number of hydrogen-bond acceptors (Lipinski definition) is 5. The second kappa shape index (κ2) is 7.66. The molecular weight excluding hydrogens is 348 g/mol. The number of hydrogen-bond donors (Lipinski definition) is 2. The van der Waals surface area contributed by atoms with Gasteiger partial charge in [-0.25, -0.2) is 4.99 Å². The van der Waals surface area contributed by atoms with Crippen molar-refractivity contribution in [2.75, 3.05) is 6.61 Å². The van der Waals surface area contributed by atoms with Gasteiger partial charge in [-0.1, -0.05) is 18.2 Å². The second-order valence-electron chi connectivity index (χ2n) is 5.86. The number of aliphatic imine (C=N–C) groups is 1. The summed E-state index contributed by atoms with van der Waals surface area (Å²) in [5.74, 6) is 0.286. The largest absolute Gasteiger partial charge is 0.504 e. The Hall–Kier alpha value is -2.73. The number of phenols is 1. The number of rotatable bonds is 4. The number of carbonyl (C=O) groups excluding carboxylic acids is 1. The average molecular weight is 368 g/mol. The van der Waals surface area contributed by atoms with Crippen LogP contribution in [0.3, 0.4) is 0 Å². The first-order valence-electron chi connectivity index (χ1n) is 8.29. The first kappa shape index (κ1) is 18.1. The van der Waals surface area contributed by atoms with Crippen LogP contribution in [0.1, 0.15) is 23.6 Å². The number of nitrogens with one attached hydrogen (secondary N) is 1. The standard InChI is InChI=1S/C20H20N2O3S/c1-4-25-17-10-14(8-9-16(17)23)11-18-19(24)22-20(26-18)21-15-7-5-6-12(2)13(15)3/h5-11,23H,4H2,1-3H3,(H,21,22,24)/b18-11-. The van der Waals surface area contributed by atoms with Crippen molar-refractivity contribution in [1.29, 1.82) is 0 Å². The van der Waals surface area contributed by atoms with Crippen molar-refractivity contribution in [1.82, 2.24) is 5.32 Å². The molecule has 1 aliphatic heterocycles. The van der Waals surface area contributed by atoms with E-state index < -0.39 is 0 Å². The van der Waals surface area contributed by atoms with Gasteiger partial charge in [0.2, 0.25) is 0 Å². The molecule has 0 atom stereocenters. The van der Waals surface area contributed by atoms with Gasteiger partial charge in [0.15, 0.2) is 16.7 Å². The molecular formula is C20H20N2O3S. The first-order valence-corrected chi connectivity index (χ1v) is 9.11. The van der Waals surface area contributed by atoms with Crippen LogP contribution in [0, 0.1) is 13.8 Å². The number of nitrogens with zero attached hydrogens (tertiary/aromatic N) is 1. The van der Waals surface area contributed by atoms with Crippen molar-refractivity contribution in [2.24, 2.45) is 4.99 Å². The summed E-state index contributed by atoms with van der Waals surface area (Å²) >= 11 is 1.29. The van der Waals surface area contributed by atoms with E-state index in [9.17, 15) is 9.90 Å². The molecule has 0 saturated carbocycles. The maximum Gasteiger partial charge on any atom is 0.264 e. The number of amides is 1. The van der Waals surface area contributed by atoms with Gasteiger partial charge in [0, 0.05) is 0 Å². The lowest BCUT2D eigenvalue weighted by Crippen LogP contribution is -2.19. The predicted molar refractivity (Wildman–Crippen MR) is 106 cm³/mol. The van der Waals surface area contributed by atoms with E-state index in [2.05, 4.69) is 10.3 Å². The summed E-state index contributed by atoms with van der Waals surface area (Å²) in [6.45, 7) is 6.35. The summed E-state index contributed by atoms with van der Waals surface area (Å²) in [5.41, 5.74) is 3.87. The van der Waals surface area contributed by atoms with Gasteiger partial charge in [-0.3, -0.25) is 4.79 Å². The molecule has 0 aliphatic carbocycles. The second-order valence-corrected chi connectivity index (χ2v) is 6.89. The molecule has 1 amide bonds. The van der Waals surface area contributed by atoms with Crippen LogP contribution in [0.15, 0.2) is 46.3 Å². The highest BCUT2D eigenvalue weighted by Crippen LogP contribution is 2.32. The van der Waals surface area contributed by atoms with Crippen LogP contribution in [-0.2, 0) is 4.79 Å². The van der Waals surface area contributed by atoms with Crippen molar-refractivity contribution in [3.63, 3.8) is 0 Å². The molecule has 2 aromatic rings. The molecule has 3 rings (SSSR count). The molecule has 6 heteroatoms. The molecule has 26 heavy (non-hydrogen) atoms. The highest BCUT2D eigenvalue weighted by atomic mass is 32.2. The molecule has 134 valence electrons. The zero-order chi connectivity index (χ0) is 18.7. The molecule has 1 saturated heterocycles. The number of aromatic hydroxyl groups is 1. The monoisotopic (exact) mass is 368 g/mol. The molecule has 2 aromatic carbocycles. The van der Waals surface area contributed by atoms with Crippen LogP contribution in [0.2, 0.25) is 0 Å². The lowest BCUT2D eigenvalue weighted by Gasteiger charge is -2.06. The summed E-state index contributed by atoms with van der Waals surface area (Å²) in [7, 11) is 0. The summed E-state index contributed by atoms with van der Waals surface area (Å²) in [5, 5.41) is 13.1. The van der Waals surface area contributed by atoms with E-state index in [0.29, 0.717) is 22.4 Å². The summed E-state index contributed by atoms with van der Waals surface area (Å²) in [6, 6.07) is 10.9. The Labute approximate surface area is 156 Å². The lowest BCUT2D eigenvalue weighted by molar-refractivity contribution is -0.115. The van der Waals surface area contributed by atoms with Gasteiger partial charge in [-0.05, 0) is 73.5 Å². The maximum atomic E-state index is 12.2. The van der Waals surface area contributed by atoms with E-state index in [4.69, 9.17) is 4.74 Å². The Balaban J connectivity index is 1.86. The van der Waals surface area contributed by atoms with Gasteiger partial charge in [0.1, 0.15) is 0 Å². The van der Waals surface area contributed by atoms with Crippen LogP contribution < -0.4 is 10.1 Å². The number of amidine groups is 1. The summed E-state index contributed by atoms with van der Waals surface area (Å²) in [6.07, 6.45) is 1.76. The van der Waals surface area contributed by atoms with E-state index in [1.807, 2.05) is 39.0 Å². The predicted octanol–water partition coefficient (Wildman–Crippen LogP) is 4.30. The minimum Gasteiger partial charge on any atom is -0.504 e. The number of aryl methyl sites for hydroxylation is 1. The molecule has 0 aromatic heterocycles. The number of benzene rings is 2. The van der Waals surface area contributed by atoms with E-state index in [1.165, 1.54) is 11.8 Å². The van der Waals surface area contributed by atoms with Gasteiger partial charge in [-0.2, -0.15) is 0 Å². The Morgan fingerprint density at radius 1 is 1.27 bits per heavy atom. The van der Waals surface area contributed by atoms with Crippen LogP contribution in [-0.4, -0.2) is 22.8 Å². The Bertz CT molecular complexity index is 919. The fourth-order valence-corrected chi connectivity index (χ4v) is 3.32. The van der Waals surface area contributed by atoms with Gasteiger partial charge in [0.25, 0.3) is 5.91 Å². The summed E-state index contributed by atoms with van der Waals surface area (Å²) < 4.78 is 5.38. The zero-order valence-corrected chi connectivity index (χ0v) is 15.7. The SMILES string of the molecule is CCOc1cc(/C=C2\SC(=Nc3cccc(C)c3C)NC2=O)ccc1O. The fourth-order valence-electron chi connectivity index (χ4n) is 2.49. The van der Waals surface area contributed by atoms with Crippen molar-refractivity contribution in [3.8, 4) is 11.5 Å². The van der Waals surface area contributed by atoms with Crippen molar-refractivity contribution < 1.29 is 14.6 Å². The lowest BCUT2D eigenvalue weighted by atomic mass is 10.1. The third-order valence-electron chi connectivity index (χ3n) is 4.03. The van der Waals surface area contributed by atoms with Crippen LogP contribution in [0.5, 0.6) is 11.5 Å². The zero-order valence-electron chi connectivity index (χ0n) is 14.9. The maximum absolute atomic E-state index is 12.2. The quantitative estimate of drug-likeness (QED) is 0.790. The van der Waals surface area contributed by atoms with Gasteiger partial charge in [-0.15, -0.1) is 0 Å². The average Bonchev–Trinajstić information content (AvgIpc) is 2.94. The molecule has 2 N–H and O–H groups in total. The van der Waals surface area contributed by atoms with Gasteiger partial charge in [0.05, 0.1) is 17.2 Å². The van der Waals surface area contributed by atoms with Crippen molar-refractivity contribution in [3.05, 3.63) is 58.0 Å². The minimum absolute atomic E-state index is 0.0784. The van der Waals surface area contributed by atoms with Crippen LogP contribution >= 0.6 is 11.8 Å². The number of carbonyl (C=O) groups is 1. The van der Waals surface area contributed by atoms with E-state index in [1.54, 1.807) is 24.3 Å². The molecule has 0 unspecified atom stereocenters. The van der Waals surface area contributed by atoms with Gasteiger partial charge < -0.3 is 15.2 Å². The van der Waals surface area contributed by atoms with Crippen molar-refractivity contribution in [2.45, 2.75) is 20.8 Å². The van der Waals surface area contributed by atoms with Crippen LogP contribution in [0.4, 0.5) is 5.69 Å². The third kappa shape index (κ3) is 3.91. The van der Waals surface area contributed by atoms with Crippen LogP contribution in [0.25, 0.3) is 6.08 Å². The molecule has 0 radical (unpaired) electrons. The molecule has 0 spiro atoms. The minimum atomic E-state index is -0.190. The molecule has 1 heterocycles. The van der Waals surface area contributed by atoms with E-state index >= 15 is 0 Å². The number of phenolic OH excluding ortho intramolecular Hbond substituents is 1. The van der Waals surface area contributed by atoms with E-state index in [0.717, 1.165) is 22.4 Å². The summed E-state index contributed by atoms with van der Waals surface area (Å²) in [4.78, 5) is 17.4. The Morgan fingerprint density at radius 2 is 2.08 bits per heavy atom. The highest BCUT2D eigenvalue weighted by molar-refractivity contribution is 8.18.